The molecule has 2 aromatic heterocycles. The van der Waals surface area contributed by atoms with E-state index < -0.39 is 0 Å². The molecule has 3 aromatic carbocycles. The number of oxazole rings is 1. The van der Waals surface area contributed by atoms with Crippen LogP contribution in [0.4, 0.5) is 11.4 Å². The largest absolute Gasteiger partial charge is 0.445 e. The zero-order valence-electron chi connectivity index (χ0n) is 14.4. The number of benzene rings is 3. The molecule has 0 amide bonds. The van der Waals surface area contributed by atoms with Crippen molar-refractivity contribution in [1.82, 2.24) is 15.0 Å². The fourth-order valence-corrected chi connectivity index (χ4v) is 3.06. The van der Waals surface area contributed by atoms with Gasteiger partial charge in [0, 0.05) is 22.5 Å². The van der Waals surface area contributed by atoms with Crippen molar-refractivity contribution in [3.05, 3.63) is 85.3 Å². The van der Waals surface area contributed by atoms with E-state index in [1.807, 2.05) is 60.7 Å². The number of hydrogen-bond acceptors (Lipinski definition) is 4. The predicted octanol–water partition coefficient (Wildman–Crippen LogP) is 5.63. The Morgan fingerprint density at radius 1 is 0.815 bits per heavy atom. The average molecular weight is 352 g/mol. The Hall–Kier alpha value is -3.86. The fourth-order valence-electron chi connectivity index (χ4n) is 3.06. The van der Waals surface area contributed by atoms with Crippen LogP contribution in [0.1, 0.15) is 0 Å². The summed E-state index contributed by atoms with van der Waals surface area (Å²) in [6, 6.07) is 24.2. The number of anilines is 2. The summed E-state index contributed by atoms with van der Waals surface area (Å²) in [6.07, 6.45) is 3.22. The van der Waals surface area contributed by atoms with Crippen LogP contribution in [0.3, 0.4) is 0 Å². The molecule has 0 saturated heterocycles. The number of aromatic amines is 1. The van der Waals surface area contributed by atoms with E-state index in [1.165, 1.54) is 0 Å². The second-order valence-corrected chi connectivity index (χ2v) is 6.22. The minimum atomic E-state index is 0.619. The summed E-state index contributed by atoms with van der Waals surface area (Å²) < 4.78 is 5.33. The summed E-state index contributed by atoms with van der Waals surface area (Å²) in [6.45, 7) is 0. The lowest BCUT2D eigenvalue weighted by atomic mass is 10.1. The standard InChI is InChI=1S/C22H16N4O/c1-2-7-20-19(6-1)25-21(26-20)16-4-3-5-18(14-16)24-17-10-8-15(9-11-17)22-23-12-13-27-22/h1-14,24H,(H,25,26). The number of hydrogen-bond donors (Lipinski definition) is 2. The Bertz CT molecular complexity index is 1160. The third-order valence-corrected chi connectivity index (χ3v) is 4.38. The maximum absolute atomic E-state index is 5.33. The topological polar surface area (TPSA) is 66.7 Å². The van der Waals surface area contributed by atoms with Crippen molar-refractivity contribution in [2.24, 2.45) is 0 Å². The Labute approximate surface area is 155 Å². The molecular formula is C22H16N4O. The zero-order valence-corrected chi connectivity index (χ0v) is 14.4. The Kier molecular flexibility index (Phi) is 3.68. The first-order chi connectivity index (χ1) is 13.3. The molecule has 0 aliphatic carbocycles. The van der Waals surface area contributed by atoms with Crippen LogP contribution in [0.25, 0.3) is 33.9 Å². The lowest BCUT2D eigenvalue weighted by Gasteiger charge is -2.08. The van der Waals surface area contributed by atoms with Crippen LogP contribution in [0.5, 0.6) is 0 Å². The molecule has 5 rings (SSSR count). The number of aromatic nitrogens is 3. The molecule has 5 nitrogen and oxygen atoms in total. The van der Waals surface area contributed by atoms with E-state index in [9.17, 15) is 0 Å². The van der Waals surface area contributed by atoms with Crippen molar-refractivity contribution in [3.8, 4) is 22.8 Å². The quantitative estimate of drug-likeness (QED) is 0.440. The molecule has 0 aliphatic heterocycles. The van der Waals surface area contributed by atoms with Crippen molar-refractivity contribution in [2.75, 3.05) is 5.32 Å². The summed E-state index contributed by atoms with van der Waals surface area (Å²) in [4.78, 5) is 12.2. The monoisotopic (exact) mass is 352 g/mol. The van der Waals surface area contributed by atoms with Gasteiger partial charge in [0.15, 0.2) is 0 Å². The molecule has 0 aliphatic rings. The molecular weight excluding hydrogens is 336 g/mol. The molecule has 5 heteroatoms. The maximum Gasteiger partial charge on any atom is 0.225 e. The number of H-pyrrole nitrogens is 1. The molecule has 130 valence electrons. The summed E-state index contributed by atoms with van der Waals surface area (Å²) in [5, 5.41) is 3.43. The summed E-state index contributed by atoms with van der Waals surface area (Å²) >= 11 is 0. The zero-order chi connectivity index (χ0) is 18.1. The molecule has 2 N–H and O–H groups in total. The first-order valence-corrected chi connectivity index (χ1v) is 8.67. The lowest BCUT2D eigenvalue weighted by molar-refractivity contribution is 0.574. The Morgan fingerprint density at radius 2 is 1.70 bits per heavy atom. The Morgan fingerprint density at radius 3 is 2.52 bits per heavy atom. The predicted molar refractivity (Wildman–Crippen MR) is 107 cm³/mol. The van der Waals surface area contributed by atoms with Gasteiger partial charge < -0.3 is 14.7 Å². The number of fused-ring (bicyclic) bond motifs is 1. The van der Waals surface area contributed by atoms with Gasteiger partial charge in [-0.25, -0.2) is 9.97 Å². The molecule has 0 fully saturated rings. The average Bonchev–Trinajstić information content (AvgIpc) is 3.39. The van der Waals surface area contributed by atoms with Gasteiger partial charge >= 0.3 is 0 Å². The highest BCUT2D eigenvalue weighted by molar-refractivity contribution is 5.80. The minimum absolute atomic E-state index is 0.619. The van der Waals surface area contributed by atoms with E-state index in [4.69, 9.17) is 4.42 Å². The first-order valence-electron chi connectivity index (χ1n) is 8.67. The van der Waals surface area contributed by atoms with Crippen molar-refractivity contribution in [2.45, 2.75) is 0 Å². The maximum atomic E-state index is 5.33. The Balaban J connectivity index is 1.40. The molecule has 0 spiro atoms. The van der Waals surface area contributed by atoms with Gasteiger partial charge in [-0.15, -0.1) is 0 Å². The van der Waals surface area contributed by atoms with Crippen molar-refractivity contribution < 1.29 is 4.42 Å². The SMILES string of the molecule is c1cc(Nc2ccc(-c3ncco3)cc2)cc(-c2nc3ccccc3[nH]2)c1. The van der Waals surface area contributed by atoms with Crippen LogP contribution in [-0.2, 0) is 0 Å². The van der Waals surface area contributed by atoms with E-state index in [0.29, 0.717) is 5.89 Å². The third kappa shape index (κ3) is 3.06. The van der Waals surface area contributed by atoms with Crippen LogP contribution in [0.2, 0.25) is 0 Å². The molecule has 5 aromatic rings. The van der Waals surface area contributed by atoms with E-state index >= 15 is 0 Å². The van der Waals surface area contributed by atoms with Gasteiger partial charge in [0.05, 0.1) is 17.2 Å². The van der Waals surface area contributed by atoms with Crippen molar-refractivity contribution in [1.29, 1.82) is 0 Å². The van der Waals surface area contributed by atoms with Crippen LogP contribution in [0.15, 0.2) is 89.7 Å². The van der Waals surface area contributed by atoms with Gasteiger partial charge in [0.2, 0.25) is 5.89 Å². The summed E-state index contributed by atoms with van der Waals surface area (Å²) in [5.41, 5.74) is 5.97. The number of nitrogens with zero attached hydrogens (tertiary/aromatic N) is 2. The highest BCUT2D eigenvalue weighted by Crippen LogP contribution is 2.26. The second kappa shape index (κ2) is 6.46. The first kappa shape index (κ1) is 15.4. The van der Waals surface area contributed by atoms with Crippen molar-refractivity contribution >= 4 is 22.4 Å². The summed E-state index contributed by atoms with van der Waals surface area (Å²) in [5.74, 6) is 1.48. The summed E-state index contributed by atoms with van der Waals surface area (Å²) in [7, 11) is 0. The van der Waals surface area contributed by atoms with E-state index in [0.717, 1.165) is 39.4 Å². The fraction of sp³-hybridized carbons (Fsp3) is 0. The molecule has 0 unspecified atom stereocenters. The third-order valence-electron chi connectivity index (χ3n) is 4.38. The highest BCUT2D eigenvalue weighted by atomic mass is 16.3. The molecule has 2 heterocycles. The molecule has 0 radical (unpaired) electrons. The van der Waals surface area contributed by atoms with Gasteiger partial charge in [-0.3, -0.25) is 0 Å². The number of nitrogens with one attached hydrogen (secondary N) is 2. The van der Waals surface area contributed by atoms with Crippen LogP contribution < -0.4 is 5.32 Å². The highest BCUT2D eigenvalue weighted by Gasteiger charge is 2.06. The van der Waals surface area contributed by atoms with Crippen LogP contribution in [0, 0.1) is 0 Å². The number of para-hydroxylation sites is 2. The normalized spacial score (nSPS) is 11.0. The van der Waals surface area contributed by atoms with Gasteiger partial charge in [0.25, 0.3) is 0 Å². The smallest absolute Gasteiger partial charge is 0.225 e. The van der Waals surface area contributed by atoms with Gasteiger partial charge in [-0.1, -0.05) is 24.3 Å². The van der Waals surface area contributed by atoms with Gasteiger partial charge in [-0.05, 0) is 48.5 Å². The lowest BCUT2D eigenvalue weighted by Crippen LogP contribution is -1.91. The second-order valence-electron chi connectivity index (χ2n) is 6.22. The molecule has 0 atom stereocenters. The minimum Gasteiger partial charge on any atom is -0.445 e. The number of rotatable bonds is 4. The van der Waals surface area contributed by atoms with Gasteiger partial charge in [0.1, 0.15) is 12.1 Å². The van der Waals surface area contributed by atoms with Gasteiger partial charge in [-0.2, -0.15) is 0 Å². The van der Waals surface area contributed by atoms with Crippen molar-refractivity contribution in [3.63, 3.8) is 0 Å². The molecule has 0 bridgehead atoms. The van der Waals surface area contributed by atoms with Crippen LogP contribution >= 0.6 is 0 Å². The molecule has 27 heavy (non-hydrogen) atoms. The number of imidazole rings is 1. The van der Waals surface area contributed by atoms with Crippen LogP contribution in [-0.4, -0.2) is 15.0 Å². The van der Waals surface area contributed by atoms with E-state index in [1.54, 1.807) is 12.5 Å². The van der Waals surface area contributed by atoms with E-state index in [2.05, 4.69) is 32.4 Å². The molecule has 0 saturated carbocycles. The van der Waals surface area contributed by atoms with E-state index in [-0.39, 0.29) is 0 Å².